The lowest BCUT2D eigenvalue weighted by molar-refractivity contribution is -0.146. The van der Waals surface area contributed by atoms with Gasteiger partial charge in [0, 0.05) is 5.56 Å². The minimum Gasteiger partial charge on any atom is -0.465 e. The summed E-state index contributed by atoms with van der Waals surface area (Å²) in [5, 5.41) is 0. The Morgan fingerprint density at radius 2 is 1.94 bits per heavy atom. The Labute approximate surface area is 107 Å². The molecule has 0 saturated carbocycles. The number of allylic oxidation sites excluding steroid dienone is 1. The summed E-state index contributed by atoms with van der Waals surface area (Å²) in [5.41, 5.74) is 1.60. The number of Topliss-reactive ketones (excluding diaryl/α,β-unsaturated/α-hetero) is 1. The average Bonchev–Trinajstić information content (AvgIpc) is 2.36. The Hall–Kier alpha value is -1.90. The van der Waals surface area contributed by atoms with Crippen molar-refractivity contribution in [2.75, 3.05) is 6.61 Å². The highest BCUT2D eigenvalue weighted by Gasteiger charge is 2.27. The number of carbonyl (C=O) groups excluding carboxylic acids is 2. The molecule has 0 spiro atoms. The van der Waals surface area contributed by atoms with Gasteiger partial charge < -0.3 is 4.74 Å². The first-order valence-electron chi connectivity index (χ1n) is 5.98. The second-order valence-corrected chi connectivity index (χ2v) is 4.06. The van der Waals surface area contributed by atoms with Crippen molar-refractivity contribution < 1.29 is 14.3 Å². The van der Waals surface area contributed by atoms with Crippen LogP contribution in [0, 0.1) is 12.8 Å². The van der Waals surface area contributed by atoms with Crippen LogP contribution in [0.4, 0.5) is 0 Å². The first-order valence-corrected chi connectivity index (χ1v) is 5.98. The van der Waals surface area contributed by atoms with E-state index in [0.29, 0.717) is 12.0 Å². The zero-order valence-electron chi connectivity index (χ0n) is 10.8. The summed E-state index contributed by atoms with van der Waals surface area (Å²) in [4.78, 5) is 23.9. The van der Waals surface area contributed by atoms with Crippen LogP contribution in [0.3, 0.4) is 0 Å². The molecular weight excluding hydrogens is 228 g/mol. The van der Waals surface area contributed by atoms with Crippen molar-refractivity contribution in [2.45, 2.75) is 20.3 Å². The molecule has 0 N–H and O–H groups in total. The van der Waals surface area contributed by atoms with E-state index >= 15 is 0 Å². The van der Waals surface area contributed by atoms with E-state index in [0.717, 1.165) is 5.56 Å². The molecule has 0 fully saturated rings. The first-order chi connectivity index (χ1) is 8.60. The standard InChI is InChI=1S/C15H18O3/c1-4-6-13(15(17)18-5-2)14(16)12-9-7-11(3)8-10-12/h4,7-10,13H,1,5-6H2,2-3H3/t13-/m1/s1. The van der Waals surface area contributed by atoms with Crippen LogP contribution in [0.5, 0.6) is 0 Å². The van der Waals surface area contributed by atoms with Crippen LogP contribution in [0.15, 0.2) is 36.9 Å². The van der Waals surface area contributed by atoms with Crippen molar-refractivity contribution in [2.24, 2.45) is 5.92 Å². The molecule has 96 valence electrons. The number of rotatable bonds is 6. The summed E-state index contributed by atoms with van der Waals surface area (Å²) >= 11 is 0. The van der Waals surface area contributed by atoms with E-state index in [1.54, 1.807) is 25.1 Å². The van der Waals surface area contributed by atoms with Crippen LogP contribution < -0.4 is 0 Å². The number of hydrogen-bond donors (Lipinski definition) is 0. The van der Waals surface area contributed by atoms with Gasteiger partial charge in [-0.3, -0.25) is 9.59 Å². The van der Waals surface area contributed by atoms with Gasteiger partial charge in [0.2, 0.25) is 0 Å². The first kappa shape index (κ1) is 14.2. The summed E-state index contributed by atoms with van der Waals surface area (Å²) in [6.45, 7) is 7.51. The van der Waals surface area contributed by atoms with Crippen molar-refractivity contribution in [3.63, 3.8) is 0 Å². The molecule has 1 atom stereocenters. The third-order valence-corrected chi connectivity index (χ3v) is 2.63. The largest absolute Gasteiger partial charge is 0.465 e. The third-order valence-electron chi connectivity index (χ3n) is 2.63. The van der Waals surface area contributed by atoms with E-state index in [1.807, 2.05) is 19.1 Å². The quantitative estimate of drug-likeness (QED) is 0.335. The minimum atomic E-state index is -0.787. The third kappa shape index (κ3) is 3.55. The molecule has 0 bridgehead atoms. The molecule has 1 aromatic carbocycles. The van der Waals surface area contributed by atoms with Crippen molar-refractivity contribution in [3.05, 3.63) is 48.0 Å². The second-order valence-electron chi connectivity index (χ2n) is 4.06. The van der Waals surface area contributed by atoms with Crippen LogP contribution in [0.2, 0.25) is 0 Å². The van der Waals surface area contributed by atoms with E-state index < -0.39 is 11.9 Å². The zero-order chi connectivity index (χ0) is 13.5. The molecule has 18 heavy (non-hydrogen) atoms. The molecular formula is C15H18O3. The molecule has 0 heterocycles. The fraction of sp³-hybridized carbons (Fsp3) is 0.333. The SMILES string of the molecule is C=CC[C@@H](C(=O)OCC)C(=O)c1ccc(C)cc1. The fourth-order valence-corrected chi connectivity index (χ4v) is 1.64. The van der Waals surface area contributed by atoms with Crippen molar-refractivity contribution >= 4 is 11.8 Å². The molecule has 0 aliphatic rings. The number of hydrogen-bond acceptors (Lipinski definition) is 3. The van der Waals surface area contributed by atoms with Gasteiger partial charge in [-0.15, -0.1) is 6.58 Å². The number of benzene rings is 1. The fourth-order valence-electron chi connectivity index (χ4n) is 1.64. The lowest BCUT2D eigenvalue weighted by Gasteiger charge is -2.12. The maximum Gasteiger partial charge on any atom is 0.317 e. The van der Waals surface area contributed by atoms with Gasteiger partial charge in [0.15, 0.2) is 5.78 Å². The van der Waals surface area contributed by atoms with Gasteiger partial charge in [0.05, 0.1) is 6.61 Å². The lowest BCUT2D eigenvalue weighted by Crippen LogP contribution is -2.26. The predicted octanol–water partition coefficient (Wildman–Crippen LogP) is 2.93. The molecule has 1 aromatic rings. The Bertz CT molecular complexity index is 432. The summed E-state index contributed by atoms with van der Waals surface area (Å²) in [5.74, 6) is -1.48. The molecule has 3 nitrogen and oxygen atoms in total. The van der Waals surface area contributed by atoms with Gasteiger partial charge >= 0.3 is 5.97 Å². The highest BCUT2D eigenvalue weighted by molar-refractivity contribution is 6.08. The van der Waals surface area contributed by atoms with Gasteiger partial charge in [0.25, 0.3) is 0 Å². The Balaban J connectivity index is 2.91. The second kappa shape index (κ2) is 6.74. The maximum absolute atomic E-state index is 12.2. The smallest absolute Gasteiger partial charge is 0.317 e. The molecule has 0 aromatic heterocycles. The van der Waals surface area contributed by atoms with E-state index in [9.17, 15) is 9.59 Å². The van der Waals surface area contributed by atoms with E-state index in [-0.39, 0.29) is 12.4 Å². The Kier molecular flexibility index (Phi) is 5.31. The summed E-state index contributed by atoms with van der Waals surface area (Å²) in [6, 6.07) is 7.16. The molecule has 1 rings (SSSR count). The van der Waals surface area contributed by atoms with Gasteiger partial charge in [-0.2, -0.15) is 0 Å². The number of ketones is 1. The van der Waals surface area contributed by atoms with Gasteiger partial charge in [-0.05, 0) is 20.3 Å². The van der Waals surface area contributed by atoms with Crippen LogP contribution in [-0.4, -0.2) is 18.4 Å². The van der Waals surface area contributed by atoms with E-state index in [2.05, 4.69) is 6.58 Å². The maximum atomic E-state index is 12.2. The number of esters is 1. The normalized spacial score (nSPS) is 11.7. The van der Waals surface area contributed by atoms with E-state index in [1.165, 1.54) is 0 Å². The average molecular weight is 246 g/mol. The lowest BCUT2D eigenvalue weighted by atomic mass is 9.94. The molecule has 0 unspecified atom stereocenters. The van der Waals surface area contributed by atoms with Crippen molar-refractivity contribution in [3.8, 4) is 0 Å². The molecule has 0 saturated heterocycles. The summed E-state index contributed by atoms with van der Waals surface area (Å²) in [6.07, 6.45) is 1.86. The van der Waals surface area contributed by atoms with Gasteiger partial charge in [0.1, 0.15) is 5.92 Å². The summed E-state index contributed by atoms with van der Waals surface area (Å²) in [7, 11) is 0. The van der Waals surface area contributed by atoms with Crippen molar-refractivity contribution in [1.82, 2.24) is 0 Å². The minimum absolute atomic E-state index is 0.214. The molecule has 0 amide bonds. The van der Waals surface area contributed by atoms with Crippen LogP contribution in [-0.2, 0) is 9.53 Å². The zero-order valence-corrected chi connectivity index (χ0v) is 10.8. The monoisotopic (exact) mass is 246 g/mol. The molecule has 0 aliphatic heterocycles. The van der Waals surface area contributed by atoms with Gasteiger partial charge in [-0.1, -0.05) is 35.9 Å². The van der Waals surface area contributed by atoms with E-state index in [4.69, 9.17) is 4.74 Å². The van der Waals surface area contributed by atoms with Crippen molar-refractivity contribution in [1.29, 1.82) is 0 Å². The molecule has 0 aliphatic carbocycles. The van der Waals surface area contributed by atoms with Crippen LogP contribution in [0.25, 0.3) is 0 Å². The molecule has 0 radical (unpaired) electrons. The topological polar surface area (TPSA) is 43.4 Å². The number of ether oxygens (including phenoxy) is 1. The number of carbonyl (C=O) groups is 2. The highest BCUT2D eigenvalue weighted by atomic mass is 16.5. The number of aryl methyl sites for hydroxylation is 1. The predicted molar refractivity (Wildman–Crippen MR) is 70.4 cm³/mol. The summed E-state index contributed by atoms with van der Waals surface area (Å²) < 4.78 is 4.92. The Morgan fingerprint density at radius 3 is 2.44 bits per heavy atom. The molecule has 3 heteroatoms. The Morgan fingerprint density at radius 1 is 1.33 bits per heavy atom. The van der Waals surface area contributed by atoms with Crippen LogP contribution in [0.1, 0.15) is 29.3 Å². The van der Waals surface area contributed by atoms with Crippen LogP contribution >= 0.6 is 0 Å². The highest BCUT2D eigenvalue weighted by Crippen LogP contribution is 2.15. The van der Waals surface area contributed by atoms with Gasteiger partial charge in [-0.25, -0.2) is 0 Å².